The molecule has 0 aromatic heterocycles. The second-order valence-electron chi connectivity index (χ2n) is 7.86. The SMILES string of the molecule is Cc1cccc(N(CCCC(=O)N2CCN(c3ccccc3)CC2)S(C)(=O)=O)c1C. The molecule has 0 bridgehead atoms. The summed E-state index contributed by atoms with van der Waals surface area (Å²) in [5.41, 5.74) is 3.88. The normalized spacial score (nSPS) is 14.6. The Labute approximate surface area is 180 Å². The Morgan fingerprint density at radius 3 is 2.27 bits per heavy atom. The number of aryl methyl sites for hydroxylation is 1. The van der Waals surface area contributed by atoms with E-state index in [1.165, 1.54) is 16.2 Å². The number of rotatable bonds is 7. The Kier molecular flexibility index (Phi) is 7.02. The summed E-state index contributed by atoms with van der Waals surface area (Å²) in [5.74, 6) is 0.0946. The third-order valence-electron chi connectivity index (χ3n) is 5.75. The fourth-order valence-electron chi connectivity index (χ4n) is 3.86. The van der Waals surface area contributed by atoms with Crippen molar-refractivity contribution >= 4 is 27.3 Å². The van der Waals surface area contributed by atoms with Gasteiger partial charge in [0.25, 0.3) is 0 Å². The molecule has 1 fully saturated rings. The van der Waals surface area contributed by atoms with E-state index < -0.39 is 10.0 Å². The number of carbonyl (C=O) groups excluding carboxylic acids is 1. The van der Waals surface area contributed by atoms with E-state index in [0.717, 1.165) is 24.2 Å². The Hall–Kier alpha value is -2.54. The molecule has 0 atom stereocenters. The van der Waals surface area contributed by atoms with Crippen LogP contribution in [0.4, 0.5) is 11.4 Å². The van der Waals surface area contributed by atoms with Gasteiger partial charge in [-0.05, 0) is 49.6 Å². The fraction of sp³-hybridized carbons (Fsp3) is 0.435. The average Bonchev–Trinajstić information content (AvgIpc) is 2.73. The second-order valence-corrected chi connectivity index (χ2v) is 9.77. The van der Waals surface area contributed by atoms with Crippen molar-refractivity contribution in [1.82, 2.24) is 4.90 Å². The summed E-state index contributed by atoms with van der Waals surface area (Å²) in [7, 11) is -3.42. The van der Waals surface area contributed by atoms with Crippen LogP contribution in [0.25, 0.3) is 0 Å². The first kappa shape index (κ1) is 22.2. The quantitative estimate of drug-likeness (QED) is 0.678. The molecule has 0 spiro atoms. The second kappa shape index (κ2) is 9.51. The highest BCUT2D eigenvalue weighted by molar-refractivity contribution is 7.92. The molecule has 0 N–H and O–H groups in total. The molecule has 0 unspecified atom stereocenters. The smallest absolute Gasteiger partial charge is 0.232 e. The van der Waals surface area contributed by atoms with E-state index in [1.54, 1.807) is 0 Å². The largest absolute Gasteiger partial charge is 0.368 e. The fourth-order valence-corrected chi connectivity index (χ4v) is 4.87. The Balaban J connectivity index is 1.54. The summed E-state index contributed by atoms with van der Waals surface area (Å²) in [6, 6.07) is 15.9. The minimum Gasteiger partial charge on any atom is -0.368 e. The summed E-state index contributed by atoms with van der Waals surface area (Å²) < 4.78 is 26.2. The summed E-state index contributed by atoms with van der Waals surface area (Å²) in [5, 5.41) is 0. The number of para-hydroxylation sites is 1. The zero-order chi connectivity index (χ0) is 21.7. The van der Waals surface area contributed by atoms with Crippen LogP contribution in [0, 0.1) is 13.8 Å². The maximum Gasteiger partial charge on any atom is 0.232 e. The van der Waals surface area contributed by atoms with E-state index in [-0.39, 0.29) is 5.91 Å². The highest BCUT2D eigenvalue weighted by atomic mass is 32.2. The van der Waals surface area contributed by atoms with Gasteiger partial charge in [0.15, 0.2) is 0 Å². The number of nitrogens with zero attached hydrogens (tertiary/aromatic N) is 3. The molecule has 1 amide bonds. The molecule has 2 aromatic carbocycles. The van der Waals surface area contributed by atoms with Crippen LogP contribution in [0.15, 0.2) is 48.5 Å². The van der Waals surface area contributed by atoms with Gasteiger partial charge >= 0.3 is 0 Å². The van der Waals surface area contributed by atoms with Gasteiger partial charge in [-0.3, -0.25) is 9.10 Å². The maximum absolute atomic E-state index is 12.7. The van der Waals surface area contributed by atoms with Gasteiger partial charge < -0.3 is 9.80 Å². The van der Waals surface area contributed by atoms with Gasteiger partial charge in [0.2, 0.25) is 15.9 Å². The predicted molar refractivity (Wildman–Crippen MR) is 123 cm³/mol. The lowest BCUT2D eigenvalue weighted by Crippen LogP contribution is -2.48. The molecule has 2 aromatic rings. The molecule has 7 heteroatoms. The van der Waals surface area contributed by atoms with Gasteiger partial charge in [-0.15, -0.1) is 0 Å². The minimum atomic E-state index is -3.42. The standard InChI is InChI=1S/C23H31N3O3S/c1-19-9-7-12-22(20(19)2)26(30(3,28)29)14-8-13-23(27)25-17-15-24(16-18-25)21-10-5-4-6-11-21/h4-7,9-12H,8,13-18H2,1-3H3. The van der Waals surface area contributed by atoms with Gasteiger partial charge in [-0.1, -0.05) is 30.3 Å². The molecular weight excluding hydrogens is 398 g/mol. The van der Waals surface area contributed by atoms with Gasteiger partial charge in [-0.25, -0.2) is 8.42 Å². The lowest BCUT2D eigenvalue weighted by Gasteiger charge is -2.36. The van der Waals surface area contributed by atoms with Crippen molar-refractivity contribution in [1.29, 1.82) is 0 Å². The lowest BCUT2D eigenvalue weighted by atomic mass is 10.1. The Morgan fingerprint density at radius 1 is 0.967 bits per heavy atom. The van der Waals surface area contributed by atoms with E-state index >= 15 is 0 Å². The predicted octanol–water partition coefficient (Wildman–Crippen LogP) is 3.20. The van der Waals surface area contributed by atoms with Gasteiger partial charge in [0, 0.05) is 44.8 Å². The number of sulfonamides is 1. The van der Waals surface area contributed by atoms with Crippen LogP contribution in [-0.4, -0.2) is 58.2 Å². The van der Waals surface area contributed by atoms with Crippen molar-refractivity contribution in [2.75, 3.05) is 48.2 Å². The van der Waals surface area contributed by atoms with Crippen molar-refractivity contribution in [3.8, 4) is 0 Å². The molecule has 1 aliphatic heterocycles. The van der Waals surface area contributed by atoms with Crippen molar-refractivity contribution in [2.24, 2.45) is 0 Å². The third-order valence-corrected chi connectivity index (χ3v) is 6.93. The molecular formula is C23H31N3O3S. The Morgan fingerprint density at radius 2 is 1.63 bits per heavy atom. The zero-order valence-electron chi connectivity index (χ0n) is 18.0. The number of hydrogen-bond donors (Lipinski definition) is 0. The first-order chi connectivity index (χ1) is 14.3. The highest BCUT2D eigenvalue weighted by Crippen LogP contribution is 2.25. The van der Waals surface area contributed by atoms with E-state index in [0.29, 0.717) is 38.2 Å². The van der Waals surface area contributed by atoms with Crippen LogP contribution >= 0.6 is 0 Å². The Bertz CT molecular complexity index is 968. The van der Waals surface area contributed by atoms with Crippen molar-refractivity contribution in [3.63, 3.8) is 0 Å². The number of benzene rings is 2. The molecule has 1 aliphatic rings. The third kappa shape index (κ3) is 5.33. The zero-order valence-corrected chi connectivity index (χ0v) is 18.9. The molecule has 0 aliphatic carbocycles. The van der Waals surface area contributed by atoms with Crippen molar-refractivity contribution < 1.29 is 13.2 Å². The molecule has 0 radical (unpaired) electrons. The number of anilines is 2. The monoisotopic (exact) mass is 429 g/mol. The molecule has 6 nitrogen and oxygen atoms in total. The summed E-state index contributed by atoms with van der Waals surface area (Å²) in [6.07, 6.45) is 2.07. The summed E-state index contributed by atoms with van der Waals surface area (Å²) in [4.78, 5) is 16.8. The van der Waals surface area contributed by atoms with Crippen LogP contribution in [0.5, 0.6) is 0 Å². The molecule has 30 heavy (non-hydrogen) atoms. The van der Waals surface area contributed by atoms with Crippen molar-refractivity contribution in [3.05, 3.63) is 59.7 Å². The van der Waals surface area contributed by atoms with E-state index in [2.05, 4.69) is 17.0 Å². The number of hydrogen-bond acceptors (Lipinski definition) is 4. The first-order valence-corrected chi connectivity index (χ1v) is 12.2. The van der Waals surface area contributed by atoms with Gasteiger partial charge in [0.1, 0.15) is 0 Å². The molecule has 162 valence electrons. The van der Waals surface area contributed by atoms with E-state index in [4.69, 9.17) is 0 Å². The van der Waals surface area contributed by atoms with Crippen LogP contribution in [0.2, 0.25) is 0 Å². The van der Waals surface area contributed by atoms with Gasteiger partial charge in [-0.2, -0.15) is 0 Å². The number of amides is 1. The topological polar surface area (TPSA) is 60.9 Å². The van der Waals surface area contributed by atoms with E-state index in [1.807, 2.05) is 55.1 Å². The summed E-state index contributed by atoms with van der Waals surface area (Å²) in [6.45, 7) is 7.22. The van der Waals surface area contributed by atoms with Crippen LogP contribution in [0.1, 0.15) is 24.0 Å². The molecule has 3 rings (SSSR count). The van der Waals surface area contributed by atoms with Crippen LogP contribution in [0.3, 0.4) is 0 Å². The van der Waals surface area contributed by atoms with E-state index in [9.17, 15) is 13.2 Å². The highest BCUT2D eigenvalue weighted by Gasteiger charge is 2.23. The number of piperazine rings is 1. The number of carbonyl (C=O) groups is 1. The van der Waals surface area contributed by atoms with Crippen LogP contribution < -0.4 is 9.21 Å². The van der Waals surface area contributed by atoms with Crippen molar-refractivity contribution in [2.45, 2.75) is 26.7 Å². The molecule has 1 saturated heterocycles. The van der Waals surface area contributed by atoms with Gasteiger partial charge in [0.05, 0.1) is 11.9 Å². The minimum absolute atomic E-state index is 0.0946. The summed E-state index contributed by atoms with van der Waals surface area (Å²) >= 11 is 0. The molecule has 0 saturated carbocycles. The molecule has 1 heterocycles. The maximum atomic E-state index is 12.7. The average molecular weight is 430 g/mol. The van der Waals surface area contributed by atoms with Crippen LogP contribution in [-0.2, 0) is 14.8 Å². The lowest BCUT2D eigenvalue weighted by molar-refractivity contribution is -0.131. The first-order valence-electron chi connectivity index (χ1n) is 10.4.